The first kappa shape index (κ1) is 15.3. The van der Waals surface area contributed by atoms with Gasteiger partial charge in [-0.25, -0.2) is 4.79 Å². The van der Waals surface area contributed by atoms with E-state index in [0.717, 1.165) is 11.0 Å². The number of rotatable bonds is 2. The first-order chi connectivity index (χ1) is 9.80. The summed E-state index contributed by atoms with van der Waals surface area (Å²) in [6.07, 6.45) is 3.15. The molecule has 0 amide bonds. The van der Waals surface area contributed by atoms with Crippen molar-refractivity contribution in [2.75, 3.05) is 0 Å². The molecule has 2 rings (SSSR count). The summed E-state index contributed by atoms with van der Waals surface area (Å²) in [5.74, 6) is 0. The molecular weight excluding hydrogens is 292 g/mol. The first-order valence-corrected chi connectivity index (χ1v) is 6.71. The summed E-state index contributed by atoms with van der Waals surface area (Å²) in [5, 5.41) is 4.47. The maximum atomic E-state index is 11.9. The molecule has 0 radical (unpaired) electrons. The molecule has 0 aliphatic carbocycles. The Morgan fingerprint density at radius 1 is 1.38 bits per heavy atom. The molecule has 2 aromatic rings. The number of hydrogen-bond acceptors (Lipinski definition) is 4. The van der Waals surface area contributed by atoms with Crippen molar-refractivity contribution in [2.45, 2.75) is 26.4 Å². The smallest absolute Gasteiger partial charge is 0.435 e. The molecular formula is C15H15ClN2O3. The second-order valence-electron chi connectivity index (χ2n) is 5.50. The Hall–Kier alpha value is -2.14. The van der Waals surface area contributed by atoms with E-state index in [2.05, 4.69) is 5.10 Å². The highest BCUT2D eigenvalue weighted by molar-refractivity contribution is 6.31. The Morgan fingerprint density at radius 2 is 2.10 bits per heavy atom. The summed E-state index contributed by atoms with van der Waals surface area (Å²) in [5.41, 5.74) is 1.11. The van der Waals surface area contributed by atoms with Crippen molar-refractivity contribution in [1.82, 2.24) is 9.78 Å². The molecule has 1 aromatic heterocycles. The highest BCUT2D eigenvalue weighted by atomic mass is 35.5. The zero-order valence-corrected chi connectivity index (χ0v) is 12.7. The van der Waals surface area contributed by atoms with Gasteiger partial charge in [0.1, 0.15) is 5.60 Å². The summed E-state index contributed by atoms with van der Waals surface area (Å²) in [7, 11) is 0. The molecule has 0 saturated heterocycles. The van der Waals surface area contributed by atoms with E-state index < -0.39 is 11.7 Å². The van der Waals surface area contributed by atoms with Gasteiger partial charge in [0, 0.05) is 22.3 Å². The van der Waals surface area contributed by atoms with Crippen LogP contribution in [0, 0.1) is 0 Å². The molecule has 0 aliphatic heterocycles. The van der Waals surface area contributed by atoms with Crippen LogP contribution in [0.25, 0.3) is 11.1 Å². The zero-order chi connectivity index (χ0) is 15.6. The molecule has 1 heterocycles. The molecule has 0 saturated carbocycles. The molecule has 5 nitrogen and oxygen atoms in total. The number of halogens is 1. The van der Waals surface area contributed by atoms with Crippen LogP contribution in [-0.2, 0) is 4.74 Å². The Labute approximate surface area is 127 Å². The van der Waals surface area contributed by atoms with Gasteiger partial charge in [-0.1, -0.05) is 11.6 Å². The van der Waals surface area contributed by atoms with E-state index in [9.17, 15) is 9.59 Å². The molecule has 0 unspecified atom stereocenters. The van der Waals surface area contributed by atoms with Gasteiger partial charge in [-0.2, -0.15) is 9.78 Å². The van der Waals surface area contributed by atoms with E-state index in [1.54, 1.807) is 39.0 Å². The molecule has 0 bridgehead atoms. The third kappa shape index (κ3) is 3.70. The third-order valence-electron chi connectivity index (χ3n) is 2.62. The van der Waals surface area contributed by atoms with Crippen LogP contribution in [0.5, 0.6) is 0 Å². The summed E-state index contributed by atoms with van der Waals surface area (Å²) in [6, 6.07) is 4.91. The first-order valence-electron chi connectivity index (χ1n) is 6.33. The van der Waals surface area contributed by atoms with Crippen molar-refractivity contribution >= 4 is 24.0 Å². The van der Waals surface area contributed by atoms with Crippen LogP contribution in [0.2, 0.25) is 5.02 Å². The number of carbonyl (C=O) groups is 2. The SMILES string of the molecule is CC(C)(C)OC(=O)n1cc(-c2cc(Cl)ccc2C=O)cn1. The molecule has 21 heavy (non-hydrogen) atoms. The van der Waals surface area contributed by atoms with Gasteiger partial charge >= 0.3 is 6.09 Å². The highest BCUT2D eigenvalue weighted by Crippen LogP contribution is 2.26. The minimum atomic E-state index is -0.604. The summed E-state index contributed by atoms with van der Waals surface area (Å²) < 4.78 is 6.31. The van der Waals surface area contributed by atoms with Crippen LogP contribution in [-0.4, -0.2) is 27.8 Å². The van der Waals surface area contributed by atoms with E-state index in [-0.39, 0.29) is 0 Å². The van der Waals surface area contributed by atoms with Crippen LogP contribution >= 0.6 is 11.6 Å². The molecule has 0 spiro atoms. The predicted molar refractivity (Wildman–Crippen MR) is 79.7 cm³/mol. The van der Waals surface area contributed by atoms with Crippen LogP contribution in [0.15, 0.2) is 30.6 Å². The minimum absolute atomic E-state index is 0.475. The van der Waals surface area contributed by atoms with Gasteiger partial charge in [-0.15, -0.1) is 0 Å². The van der Waals surface area contributed by atoms with E-state index >= 15 is 0 Å². The second-order valence-corrected chi connectivity index (χ2v) is 5.94. The Kier molecular flexibility index (Phi) is 4.14. The van der Waals surface area contributed by atoms with Crippen molar-refractivity contribution < 1.29 is 14.3 Å². The number of nitrogens with zero attached hydrogens (tertiary/aromatic N) is 2. The zero-order valence-electron chi connectivity index (χ0n) is 12.0. The molecule has 0 fully saturated rings. The summed E-state index contributed by atoms with van der Waals surface area (Å²) in [4.78, 5) is 23.0. The van der Waals surface area contributed by atoms with Gasteiger partial charge in [0.25, 0.3) is 0 Å². The number of benzene rings is 1. The monoisotopic (exact) mass is 306 g/mol. The number of aldehydes is 1. The van der Waals surface area contributed by atoms with Crippen molar-refractivity contribution in [1.29, 1.82) is 0 Å². The number of hydrogen-bond donors (Lipinski definition) is 0. The average Bonchev–Trinajstić information content (AvgIpc) is 2.86. The fourth-order valence-corrected chi connectivity index (χ4v) is 1.92. The fourth-order valence-electron chi connectivity index (χ4n) is 1.75. The maximum Gasteiger partial charge on any atom is 0.435 e. The molecule has 0 atom stereocenters. The van der Waals surface area contributed by atoms with Gasteiger partial charge in [-0.3, -0.25) is 4.79 Å². The van der Waals surface area contributed by atoms with Crippen molar-refractivity contribution in [3.05, 3.63) is 41.2 Å². The molecule has 1 aromatic carbocycles. The normalized spacial score (nSPS) is 11.2. The van der Waals surface area contributed by atoms with E-state index in [1.807, 2.05) is 0 Å². The molecule has 0 N–H and O–H groups in total. The molecule has 110 valence electrons. The fraction of sp³-hybridized carbons (Fsp3) is 0.267. The number of carbonyl (C=O) groups excluding carboxylic acids is 2. The van der Waals surface area contributed by atoms with Crippen molar-refractivity contribution in [2.24, 2.45) is 0 Å². The lowest BCUT2D eigenvalue weighted by molar-refractivity contribution is 0.0514. The Morgan fingerprint density at radius 3 is 2.71 bits per heavy atom. The average molecular weight is 307 g/mol. The van der Waals surface area contributed by atoms with Gasteiger partial charge in [0.05, 0.1) is 6.20 Å². The van der Waals surface area contributed by atoms with Crippen molar-refractivity contribution in [3.63, 3.8) is 0 Å². The highest BCUT2D eigenvalue weighted by Gasteiger charge is 2.19. The molecule has 0 aliphatic rings. The predicted octanol–water partition coefficient (Wildman–Crippen LogP) is 3.80. The van der Waals surface area contributed by atoms with Crippen LogP contribution in [0.4, 0.5) is 4.79 Å². The van der Waals surface area contributed by atoms with Crippen LogP contribution in [0.1, 0.15) is 31.1 Å². The summed E-state index contributed by atoms with van der Waals surface area (Å²) >= 11 is 5.95. The second kappa shape index (κ2) is 5.69. The molecule has 6 heteroatoms. The van der Waals surface area contributed by atoms with Gasteiger partial charge in [-0.05, 0) is 44.5 Å². The van der Waals surface area contributed by atoms with E-state index in [1.165, 1.54) is 12.4 Å². The largest absolute Gasteiger partial charge is 0.442 e. The van der Waals surface area contributed by atoms with Gasteiger partial charge < -0.3 is 4.74 Å². The summed E-state index contributed by atoms with van der Waals surface area (Å²) in [6.45, 7) is 5.32. The van der Waals surface area contributed by atoms with Crippen LogP contribution < -0.4 is 0 Å². The van der Waals surface area contributed by atoms with E-state index in [4.69, 9.17) is 16.3 Å². The lowest BCUT2D eigenvalue weighted by atomic mass is 10.0. The Balaban J connectivity index is 2.34. The lowest BCUT2D eigenvalue weighted by Crippen LogP contribution is -2.27. The van der Waals surface area contributed by atoms with Crippen molar-refractivity contribution in [3.8, 4) is 11.1 Å². The Bertz CT molecular complexity index is 686. The van der Waals surface area contributed by atoms with Gasteiger partial charge in [0.2, 0.25) is 0 Å². The lowest BCUT2D eigenvalue weighted by Gasteiger charge is -2.18. The topological polar surface area (TPSA) is 61.2 Å². The minimum Gasteiger partial charge on any atom is -0.442 e. The standard InChI is InChI=1S/C15H15ClN2O3/c1-15(2,3)21-14(20)18-8-11(7-17-18)13-6-12(16)5-4-10(13)9-19/h4-9H,1-3H3. The van der Waals surface area contributed by atoms with Gasteiger partial charge in [0.15, 0.2) is 6.29 Å². The third-order valence-corrected chi connectivity index (χ3v) is 2.85. The number of ether oxygens (including phenoxy) is 1. The van der Waals surface area contributed by atoms with Crippen LogP contribution in [0.3, 0.4) is 0 Å². The van der Waals surface area contributed by atoms with E-state index in [0.29, 0.717) is 21.7 Å². The maximum absolute atomic E-state index is 11.9. The number of aromatic nitrogens is 2. The quantitative estimate of drug-likeness (QED) is 0.792.